The molecule has 0 saturated carbocycles. The van der Waals surface area contributed by atoms with Crippen LogP contribution in [0.4, 0.5) is 11.4 Å². The first-order valence-electron chi connectivity index (χ1n) is 9.65. The summed E-state index contributed by atoms with van der Waals surface area (Å²) in [4.78, 5) is 14.8. The Kier molecular flexibility index (Phi) is 5.46. The molecule has 1 heterocycles. The summed E-state index contributed by atoms with van der Waals surface area (Å²) in [5.74, 6) is 0.416. The smallest absolute Gasteiger partial charge is 0.262 e. The number of amides is 1. The van der Waals surface area contributed by atoms with Crippen LogP contribution in [0.25, 0.3) is 0 Å². The molecule has 0 bridgehead atoms. The highest BCUT2D eigenvalue weighted by atomic mass is 32.2. The van der Waals surface area contributed by atoms with Crippen LogP contribution in [0.1, 0.15) is 22.3 Å². The zero-order chi connectivity index (χ0) is 21.1. The van der Waals surface area contributed by atoms with Crippen LogP contribution in [-0.2, 0) is 16.4 Å². The molecule has 0 aliphatic carbocycles. The van der Waals surface area contributed by atoms with Crippen molar-refractivity contribution in [2.24, 2.45) is 0 Å². The molecule has 7 heteroatoms. The number of benzene rings is 3. The van der Waals surface area contributed by atoms with Gasteiger partial charge in [-0.2, -0.15) is 0 Å². The molecule has 3 aromatic rings. The van der Waals surface area contributed by atoms with Gasteiger partial charge in [-0.1, -0.05) is 24.3 Å². The molecule has 6 nitrogen and oxygen atoms in total. The molecule has 0 saturated heterocycles. The molecule has 1 N–H and O–H groups in total. The molecule has 0 radical (unpaired) electrons. The molecule has 0 unspecified atom stereocenters. The predicted octanol–water partition coefficient (Wildman–Crippen LogP) is 4.09. The van der Waals surface area contributed by atoms with Gasteiger partial charge in [0.1, 0.15) is 5.75 Å². The van der Waals surface area contributed by atoms with Crippen LogP contribution < -0.4 is 14.4 Å². The summed E-state index contributed by atoms with van der Waals surface area (Å²) < 4.78 is 33.3. The first kappa shape index (κ1) is 20.0. The number of ether oxygens (including phenoxy) is 1. The number of carbonyl (C=O) groups is 1. The van der Waals surface area contributed by atoms with Gasteiger partial charge < -0.3 is 9.64 Å². The van der Waals surface area contributed by atoms with Crippen LogP contribution in [0.5, 0.6) is 5.75 Å². The lowest BCUT2D eigenvalue weighted by Gasteiger charge is -2.30. The lowest BCUT2D eigenvalue weighted by Crippen LogP contribution is -2.35. The number of carbonyl (C=O) groups excluding carboxylic acids is 1. The van der Waals surface area contributed by atoms with E-state index in [1.807, 2.05) is 18.2 Å². The molecule has 0 atom stereocenters. The number of hydrogen-bond acceptors (Lipinski definition) is 4. The minimum absolute atomic E-state index is 0.0544. The topological polar surface area (TPSA) is 75.7 Å². The van der Waals surface area contributed by atoms with Gasteiger partial charge in [0.05, 0.1) is 12.0 Å². The minimum Gasteiger partial charge on any atom is -0.497 e. The summed E-state index contributed by atoms with van der Waals surface area (Å²) in [6, 6.07) is 20.8. The summed E-state index contributed by atoms with van der Waals surface area (Å²) in [7, 11) is -2.26. The van der Waals surface area contributed by atoms with Gasteiger partial charge in [-0.05, 0) is 60.9 Å². The Hall–Kier alpha value is -3.32. The molecule has 154 valence electrons. The van der Waals surface area contributed by atoms with Crippen molar-refractivity contribution in [3.05, 3.63) is 83.9 Å². The van der Waals surface area contributed by atoms with Crippen molar-refractivity contribution in [1.82, 2.24) is 0 Å². The Labute approximate surface area is 176 Å². The molecule has 1 amide bonds. The van der Waals surface area contributed by atoms with Crippen LogP contribution in [0, 0.1) is 0 Å². The third-order valence-corrected chi connectivity index (χ3v) is 6.45. The number of nitrogens with zero attached hydrogens (tertiary/aromatic N) is 1. The highest BCUT2D eigenvalue weighted by Crippen LogP contribution is 2.31. The first-order chi connectivity index (χ1) is 14.5. The van der Waals surface area contributed by atoms with Crippen LogP contribution in [0.15, 0.2) is 77.7 Å². The van der Waals surface area contributed by atoms with E-state index in [2.05, 4.69) is 4.72 Å². The summed E-state index contributed by atoms with van der Waals surface area (Å²) in [5.41, 5.74) is 2.86. The van der Waals surface area contributed by atoms with Gasteiger partial charge in [-0.15, -0.1) is 0 Å². The number of aryl methyl sites for hydroxylation is 1. The van der Waals surface area contributed by atoms with Crippen molar-refractivity contribution >= 4 is 27.3 Å². The summed E-state index contributed by atoms with van der Waals surface area (Å²) in [6.07, 6.45) is 1.60. The lowest BCUT2D eigenvalue weighted by molar-refractivity contribution is 0.0985. The summed E-state index contributed by atoms with van der Waals surface area (Å²) >= 11 is 0. The largest absolute Gasteiger partial charge is 0.497 e. The Bertz CT molecular complexity index is 1180. The van der Waals surface area contributed by atoms with Gasteiger partial charge in [0, 0.05) is 29.5 Å². The van der Waals surface area contributed by atoms with Crippen molar-refractivity contribution in [2.45, 2.75) is 17.7 Å². The Balaban J connectivity index is 1.60. The Morgan fingerprint density at radius 3 is 2.57 bits per heavy atom. The highest BCUT2D eigenvalue weighted by Gasteiger charge is 2.24. The molecule has 30 heavy (non-hydrogen) atoms. The van der Waals surface area contributed by atoms with Crippen molar-refractivity contribution in [1.29, 1.82) is 0 Å². The van der Waals surface area contributed by atoms with E-state index in [0.29, 0.717) is 23.5 Å². The molecule has 0 aromatic heterocycles. The van der Waals surface area contributed by atoms with Crippen molar-refractivity contribution in [3.63, 3.8) is 0 Å². The third-order valence-electron chi connectivity index (χ3n) is 5.07. The van der Waals surface area contributed by atoms with E-state index in [0.717, 1.165) is 24.1 Å². The average molecular weight is 423 g/mol. The van der Waals surface area contributed by atoms with Crippen LogP contribution in [0.2, 0.25) is 0 Å². The standard InChI is InChI=1S/C23H22N2O4S/c1-29-20-10-5-11-21(16-20)30(27,28)24-19-12-13-22-18(15-19)9-6-14-25(22)23(26)17-7-3-2-4-8-17/h2-5,7-8,10-13,15-16,24H,6,9,14H2,1H3. The number of sulfonamides is 1. The molecule has 0 spiro atoms. The number of rotatable bonds is 5. The zero-order valence-corrected chi connectivity index (χ0v) is 17.4. The molecule has 1 aliphatic heterocycles. The van der Waals surface area contributed by atoms with Crippen molar-refractivity contribution < 1.29 is 17.9 Å². The van der Waals surface area contributed by atoms with E-state index in [1.165, 1.54) is 19.2 Å². The summed E-state index contributed by atoms with van der Waals surface area (Å²) in [6.45, 7) is 0.635. The second-order valence-corrected chi connectivity index (χ2v) is 8.74. The van der Waals surface area contributed by atoms with E-state index >= 15 is 0 Å². The average Bonchev–Trinajstić information content (AvgIpc) is 2.78. The van der Waals surface area contributed by atoms with Crippen LogP contribution in [-0.4, -0.2) is 28.0 Å². The highest BCUT2D eigenvalue weighted by molar-refractivity contribution is 7.92. The van der Waals surface area contributed by atoms with E-state index in [-0.39, 0.29) is 10.8 Å². The van der Waals surface area contributed by atoms with Gasteiger partial charge in [0.2, 0.25) is 0 Å². The van der Waals surface area contributed by atoms with Gasteiger partial charge in [-0.25, -0.2) is 8.42 Å². The van der Waals surface area contributed by atoms with E-state index in [4.69, 9.17) is 4.74 Å². The maximum Gasteiger partial charge on any atom is 0.262 e. The fourth-order valence-electron chi connectivity index (χ4n) is 3.59. The molecule has 0 fully saturated rings. The normalized spacial score (nSPS) is 13.4. The number of methoxy groups -OCH3 is 1. The van der Waals surface area contributed by atoms with Crippen molar-refractivity contribution in [3.8, 4) is 5.75 Å². The molecule has 1 aliphatic rings. The number of nitrogens with one attached hydrogen (secondary N) is 1. The lowest BCUT2D eigenvalue weighted by atomic mass is 10.00. The fourth-order valence-corrected chi connectivity index (χ4v) is 4.67. The maximum absolute atomic E-state index is 12.9. The molecule has 3 aromatic carbocycles. The van der Waals surface area contributed by atoms with Crippen LogP contribution >= 0.6 is 0 Å². The number of fused-ring (bicyclic) bond motifs is 1. The maximum atomic E-state index is 12.9. The quantitative estimate of drug-likeness (QED) is 0.672. The molecular weight excluding hydrogens is 400 g/mol. The van der Waals surface area contributed by atoms with Gasteiger partial charge >= 0.3 is 0 Å². The van der Waals surface area contributed by atoms with Gasteiger partial charge in [0.25, 0.3) is 15.9 Å². The molecular formula is C23H22N2O4S. The number of hydrogen-bond donors (Lipinski definition) is 1. The Morgan fingerprint density at radius 1 is 1.00 bits per heavy atom. The van der Waals surface area contributed by atoms with E-state index < -0.39 is 10.0 Å². The first-order valence-corrected chi connectivity index (χ1v) is 11.1. The zero-order valence-electron chi connectivity index (χ0n) is 16.5. The number of anilines is 2. The SMILES string of the molecule is COc1cccc(S(=O)(=O)Nc2ccc3c(c2)CCCN3C(=O)c2ccccc2)c1. The third kappa shape index (κ3) is 4.02. The van der Waals surface area contributed by atoms with Crippen molar-refractivity contribution in [2.75, 3.05) is 23.3 Å². The van der Waals surface area contributed by atoms with Gasteiger partial charge in [0.15, 0.2) is 0 Å². The summed E-state index contributed by atoms with van der Waals surface area (Å²) in [5, 5.41) is 0. The second kappa shape index (κ2) is 8.20. The van der Waals surface area contributed by atoms with Crippen LogP contribution in [0.3, 0.4) is 0 Å². The van der Waals surface area contributed by atoms with E-state index in [9.17, 15) is 13.2 Å². The molecule has 4 rings (SSSR count). The Morgan fingerprint density at radius 2 is 1.80 bits per heavy atom. The van der Waals surface area contributed by atoms with E-state index in [1.54, 1.807) is 47.4 Å². The monoisotopic (exact) mass is 422 g/mol. The fraction of sp³-hybridized carbons (Fsp3) is 0.174. The second-order valence-electron chi connectivity index (χ2n) is 7.05. The predicted molar refractivity (Wildman–Crippen MR) is 117 cm³/mol. The minimum atomic E-state index is -3.76. The van der Waals surface area contributed by atoms with Gasteiger partial charge in [-0.3, -0.25) is 9.52 Å².